The third-order valence-corrected chi connectivity index (χ3v) is 3.71. The Morgan fingerprint density at radius 1 is 1.22 bits per heavy atom. The van der Waals surface area contributed by atoms with Crippen LogP contribution in [0.1, 0.15) is 40.0 Å². The molecule has 0 saturated carbocycles. The van der Waals surface area contributed by atoms with E-state index in [-0.39, 0.29) is 6.03 Å². The minimum atomic E-state index is -1.00. The minimum absolute atomic E-state index is 0.255. The molecule has 1 fully saturated rings. The maximum Gasteiger partial charge on any atom is 0.325 e. The molecule has 2 N–H and O–H groups in total. The summed E-state index contributed by atoms with van der Waals surface area (Å²) in [5.41, 5.74) is 0. The number of carbonyl (C=O) groups is 2. The van der Waals surface area contributed by atoms with Crippen molar-refractivity contribution in [3.63, 3.8) is 0 Å². The topological polar surface area (TPSA) is 69.6 Å². The van der Waals surface area contributed by atoms with Crippen LogP contribution in [0, 0.1) is 11.8 Å². The molecular weight excluding hydrogens is 232 g/mol. The molecule has 104 valence electrons. The molecule has 0 spiro atoms. The molecular formula is C13H24N2O3. The van der Waals surface area contributed by atoms with Gasteiger partial charge < -0.3 is 15.3 Å². The van der Waals surface area contributed by atoms with Crippen LogP contribution in [0.4, 0.5) is 4.79 Å². The van der Waals surface area contributed by atoms with Crippen molar-refractivity contribution in [2.45, 2.75) is 46.1 Å². The predicted octanol–water partition coefficient (Wildman–Crippen LogP) is 1.93. The van der Waals surface area contributed by atoms with E-state index < -0.39 is 12.0 Å². The molecule has 5 nitrogen and oxygen atoms in total. The molecule has 1 heterocycles. The van der Waals surface area contributed by atoms with Crippen LogP contribution < -0.4 is 5.32 Å². The number of aliphatic carboxylic acids is 1. The fourth-order valence-corrected chi connectivity index (χ4v) is 2.33. The number of nitrogens with zero attached hydrogens (tertiary/aromatic N) is 1. The molecule has 0 aromatic heterocycles. The second kappa shape index (κ2) is 6.61. The van der Waals surface area contributed by atoms with E-state index in [4.69, 9.17) is 5.11 Å². The van der Waals surface area contributed by atoms with Crippen LogP contribution in [-0.2, 0) is 4.79 Å². The molecule has 1 saturated heterocycles. The standard InChI is InChI=1S/C13H24N2O3/c1-9(2)11-5-4-7-15(8-6-11)13(18)14-10(3)12(16)17/h9-11H,4-8H2,1-3H3,(H,14,18)(H,16,17)/t10-,11?/m0/s1. The van der Waals surface area contributed by atoms with Gasteiger partial charge in [-0.3, -0.25) is 4.79 Å². The lowest BCUT2D eigenvalue weighted by Crippen LogP contribution is -2.47. The van der Waals surface area contributed by atoms with Gasteiger partial charge in [-0.1, -0.05) is 13.8 Å². The van der Waals surface area contributed by atoms with E-state index in [9.17, 15) is 9.59 Å². The summed E-state index contributed by atoms with van der Waals surface area (Å²) in [7, 11) is 0. The molecule has 1 rings (SSSR count). The molecule has 1 aliphatic rings. The normalized spacial score (nSPS) is 22.4. The Balaban J connectivity index is 2.47. The Morgan fingerprint density at radius 3 is 2.44 bits per heavy atom. The van der Waals surface area contributed by atoms with Gasteiger partial charge in [0, 0.05) is 13.1 Å². The zero-order valence-electron chi connectivity index (χ0n) is 11.5. The maximum atomic E-state index is 11.9. The van der Waals surface area contributed by atoms with Crippen molar-refractivity contribution in [2.75, 3.05) is 13.1 Å². The number of amides is 2. The second-order valence-electron chi connectivity index (χ2n) is 5.43. The summed E-state index contributed by atoms with van der Waals surface area (Å²) in [4.78, 5) is 24.3. The van der Waals surface area contributed by atoms with Crippen molar-refractivity contribution in [3.05, 3.63) is 0 Å². The summed E-state index contributed by atoms with van der Waals surface area (Å²) >= 11 is 0. The van der Waals surface area contributed by atoms with E-state index in [1.165, 1.54) is 6.92 Å². The summed E-state index contributed by atoms with van der Waals surface area (Å²) in [5.74, 6) is 0.309. The predicted molar refractivity (Wildman–Crippen MR) is 69.4 cm³/mol. The number of rotatable bonds is 3. The van der Waals surface area contributed by atoms with Gasteiger partial charge in [-0.15, -0.1) is 0 Å². The van der Waals surface area contributed by atoms with Crippen molar-refractivity contribution in [3.8, 4) is 0 Å². The molecule has 0 aliphatic carbocycles. The monoisotopic (exact) mass is 256 g/mol. The van der Waals surface area contributed by atoms with Crippen LogP contribution >= 0.6 is 0 Å². The average molecular weight is 256 g/mol. The van der Waals surface area contributed by atoms with Crippen molar-refractivity contribution in [2.24, 2.45) is 11.8 Å². The van der Waals surface area contributed by atoms with E-state index in [1.807, 2.05) is 0 Å². The van der Waals surface area contributed by atoms with Crippen molar-refractivity contribution >= 4 is 12.0 Å². The van der Waals surface area contributed by atoms with Crippen LogP contribution in [0.2, 0.25) is 0 Å². The van der Waals surface area contributed by atoms with E-state index in [2.05, 4.69) is 19.2 Å². The van der Waals surface area contributed by atoms with E-state index in [0.29, 0.717) is 11.8 Å². The highest BCUT2D eigenvalue weighted by Crippen LogP contribution is 2.24. The highest BCUT2D eigenvalue weighted by Gasteiger charge is 2.24. The van der Waals surface area contributed by atoms with Gasteiger partial charge in [-0.2, -0.15) is 0 Å². The summed E-state index contributed by atoms with van der Waals surface area (Å²) < 4.78 is 0. The summed E-state index contributed by atoms with van der Waals surface area (Å²) in [6.45, 7) is 7.36. The first-order chi connectivity index (χ1) is 8.41. The summed E-state index contributed by atoms with van der Waals surface area (Å²) in [6, 6.07) is -1.09. The maximum absolute atomic E-state index is 11.9. The van der Waals surface area contributed by atoms with Gasteiger partial charge in [0.2, 0.25) is 0 Å². The average Bonchev–Trinajstić information content (AvgIpc) is 2.53. The molecule has 0 aromatic rings. The van der Waals surface area contributed by atoms with Gasteiger partial charge in [0.1, 0.15) is 6.04 Å². The number of hydrogen-bond donors (Lipinski definition) is 2. The van der Waals surface area contributed by atoms with E-state index >= 15 is 0 Å². The lowest BCUT2D eigenvalue weighted by Gasteiger charge is -2.23. The zero-order chi connectivity index (χ0) is 13.7. The summed E-state index contributed by atoms with van der Waals surface area (Å²) in [5, 5.41) is 11.3. The van der Waals surface area contributed by atoms with Crippen LogP contribution in [0.5, 0.6) is 0 Å². The molecule has 1 aliphatic heterocycles. The third kappa shape index (κ3) is 4.20. The molecule has 2 atom stereocenters. The van der Waals surface area contributed by atoms with Crippen LogP contribution in [0.15, 0.2) is 0 Å². The number of carboxylic acid groups (broad SMARTS) is 1. The molecule has 5 heteroatoms. The van der Waals surface area contributed by atoms with Gasteiger partial charge in [0.25, 0.3) is 0 Å². The first-order valence-corrected chi connectivity index (χ1v) is 6.70. The number of likely N-dealkylation sites (tertiary alicyclic amines) is 1. The Labute approximate surface area is 109 Å². The van der Waals surface area contributed by atoms with Gasteiger partial charge in [-0.05, 0) is 38.0 Å². The number of carbonyl (C=O) groups excluding carboxylic acids is 1. The highest BCUT2D eigenvalue weighted by molar-refractivity contribution is 5.82. The van der Waals surface area contributed by atoms with Gasteiger partial charge >= 0.3 is 12.0 Å². The fraction of sp³-hybridized carbons (Fsp3) is 0.846. The van der Waals surface area contributed by atoms with Crippen molar-refractivity contribution < 1.29 is 14.7 Å². The first-order valence-electron chi connectivity index (χ1n) is 6.70. The zero-order valence-corrected chi connectivity index (χ0v) is 11.5. The molecule has 0 bridgehead atoms. The Bertz CT molecular complexity index is 305. The SMILES string of the molecule is CC(C)C1CCCN(C(=O)N[C@@H](C)C(=O)O)CC1. The van der Waals surface area contributed by atoms with Crippen LogP contribution in [0.25, 0.3) is 0 Å². The first kappa shape index (κ1) is 14.8. The fourth-order valence-electron chi connectivity index (χ4n) is 2.33. The van der Waals surface area contributed by atoms with E-state index in [0.717, 1.165) is 32.4 Å². The van der Waals surface area contributed by atoms with Crippen molar-refractivity contribution in [1.29, 1.82) is 0 Å². The lowest BCUT2D eigenvalue weighted by atomic mass is 9.89. The van der Waals surface area contributed by atoms with E-state index in [1.54, 1.807) is 4.90 Å². The molecule has 1 unspecified atom stereocenters. The molecule has 0 aromatic carbocycles. The van der Waals surface area contributed by atoms with Gasteiger partial charge in [0.05, 0.1) is 0 Å². The third-order valence-electron chi connectivity index (χ3n) is 3.71. The Morgan fingerprint density at radius 2 is 1.89 bits per heavy atom. The van der Waals surface area contributed by atoms with Gasteiger partial charge in [-0.25, -0.2) is 4.79 Å². The van der Waals surface area contributed by atoms with Crippen molar-refractivity contribution in [1.82, 2.24) is 10.2 Å². The second-order valence-corrected chi connectivity index (χ2v) is 5.43. The Kier molecular flexibility index (Phi) is 5.44. The minimum Gasteiger partial charge on any atom is -0.480 e. The molecule has 2 amide bonds. The number of urea groups is 1. The molecule has 18 heavy (non-hydrogen) atoms. The van der Waals surface area contributed by atoms with Crippen LogP contribution in [0.3, 0.4) is 0 Å². The van der Waals surface area contributed by atoms with Gasteiger partial charge in [0.15, 0.2) is 0 Å². The largest absolute Gasteiger partial charge is 0.480 e. The smallest absolute Gasteiger partial charge is 0.325 e. The number of carboxylic acids is 1. The van der Waals surface area contributed by atoms with Crippen LogP contribution in [-0.4, -0.2) is 41.1 Å². The highest BCUT2D eigenvalue weighted by atomic mass is 16.4. The quantitative estimate of drug-likeness (QED) is 0.810. The number of nitrogens with one attached hydrogen (secondary N) is 1. The summed E-state index contributed by atoms with van der Waals surface area (Å²) in [6.07, 6.45) is 3.15. The lowest BCUT2D eigenvalue weighted by molar-refractivity contribution is -0.138. The number of hydrogen-bond acceptors (Lipinski definition) is 2. The Hall–Kier alpha value is -1.26. The molecule has 0 radical (unpaired) electrons.